The first-order valence-corrected chi connectivity index (χ1v) is 4.34. The highest BCUT2D eigenvalue weighted by atomic mass is 35.5. The Morgan fingerprint density at radius 1 is 1.64 bits per heavy atom. The van der Waals surface area contributed by atoms with E-state index in [2.05, 4.69) is 0 Å². The van der Waals surface area contributed by atoms with Crippen molar-refractivity contribution in [3.05, 3.63) is 33.8 Å². The summed E-state index contributed by atoms with van der Waals surface area (Å²) < 4.78 is 0. The van der Waals surface area contributed by atoms with Crippen LogP contribution >= 0.6 is 11.6 Å². The molecule has 0 aliphatic heterocycles. The smallest absolute Gasteiger partial charge is 0.307 e. The second-order valence-corrected chi connectivity index (χ2v) is 3.31. The predicted octanol–water partition coefficient (Wildman–Crippen LogP) is 2.15. The van der Waals surface area contributed by atoms with Crippen molar-refractivity contribution < 1.29 is 9.90 Å². The average Bonchev–Trinajstić information content (AvgIpc) is 2.11. The van der Waals surface area contributed by atoms with Gasteiger partial charge in [-0.15, -0.1) is 0 Å². The molecule has 1 rings (SSSR count). The Bertz CT molecular complexity index is 421. The summed E-state index contributed by atoms with van der Waals surface area (Å²) in [4.78, 5) is 10.5. The molecule has 0 saturated carbocycles. The molecule has 0 heterocycles. The van der Waals surface area contributed by atoms with Gasteiger partial charge < -0.3 is 5.11 Å². The van der Waals surface area contributed by atoms with Gasteiger partial charge in [0, 0.05) is 0 Å². The zero-order valence-corrected chi connectivity index (χ0v) is 8.30. The first kappa shape index (κ1) is 10.6. The summed E-state index contributed by atoms with van der Waals surface area (Å²) in [5.41, 5.74) is 1.52. The van der Waals surface area contributed by atoms with Crippen molar-refractivity contribution >= 4 is 17.6 Å². The third-order valence-electron chi connectivity index (χ3n) is 1.94. The maximum atomic E-state index is 10.5. The zero-order valence-electron chi connectivity index (χ0n) is 7.54. The second kappa shape index (κ2) is 4.12. The highest BCUT2D eigenvalue weighted by molar-refractivity contribution is 6.31. The van der Waals surface area contributed by atoms with Gasteiger partial charge in [-0.3, -0.25) is 4.79 Å². The molecule has 0 aliphatic rings. The molecular formula is C10H8ClNO2. The SMILES string of the molecule is Cc1ccc(Cl)c(C#N)c1CC(=O)O. The molecular weight excluding hydrogens is 202 g/mol. The van der Waals surface area contributed by atoms with E-state index in [-0.39, 0.29) is 12.0 Å². The maximum absolute atomic E-state index is 10.5. The summed E-state index contributed by atoms with van der Waals surface area (Å²) in [5, 5.41) is 17.8. The number of aliphatic carboxylic acids is 1. The number of carboxylic acids is 1. The Morgan fingerprint density at radius 2 is 2.29 bits per heavy atom. The molecule has 3 nitrogen and oxygen atoms in total. The summed E-state index contributed by atoms with van der Waals surface area (Å²) in [6, 6.07) is 5.22. The molecule has 0 amide bonds. The van der Waals surface area contributed by atoms with Gasteiger partial charge in [-0.1, -0.05) is 17.7 Å². The zero-order chi connectivity index (χ0) is 10.7. The van der Waals surface area contributed by atoms with Gasteiger partial charge in [-0.2, -0.15) is 5.26 Å². The Balaban J connectivity index is 3.31. The van der Waals surface area contributed by atoms with Gasteiger partial charge in [0.15, 0.2) is 0 Å². The fourth-order valence-electron chi connectivity index (χ4n) is 1.22. The molecule has 0 radical (unpaired) electrons. The van der Waals surface area contributed by atoms with Crippen LogP contribution < -0.4 is 0 Å². The highest BCUT2D eigenvalue weighted by Crippen LogP contribution is 2.22. The topological polar surface area (TPSA) is 61.1 Å². The average molecular weight is 210 g/mol. The number of hydrogen-bond donors (Lipinski definition) is 1. The summed E-state index contributed by atoms with van der Waals surface area (Å²) >= 11 is 5.77. The van der Waals surface area contributed by atoms with Crippen molar-refractivity contribution in [1.82, 2.24) is 0 Å². The van der Waals surface area contributed by atoms with Crippen LogP contribution in [-0.2, 0) is 11.2 Å². The van der Waals surface area contributed by atoms with Crippen LogP contribution in [0.5, 0.6) is 0 Å². The first-order valence-electron chi connectivity index (χ1n) is 3.96. The summed E-state index contributed by atoms with van der Waals surface area (Å²) in [7, 11) is 0. The third-order valence-corrected chi connectivity index (χ3v) is 2.25. The predicted molar refractivity (Wildman–Crippen MR) is 52.2 cm³/mol. The molecule has 0 spiro atoms. The molecule has 14 heavy (non-hydrogen) atoms. The maximum Gasteiger partial charge on any atom is 0.307 e. The van der Waals surface area contributed by atoms with E-state index in [0.717, 1.165) is 5.56 Å². The minimum Gasteiger partial charge on any atom is -0.481 e. The van der Waals surface area contributed by atoms with Gasteiger partial charge >= 0.3 is 5.97 Å². The lowest BCUT2D eigenvalue weighted by Gasteiger charge is -2.06. The Kier molecular flexibility index (Phi) is 3.10. The van der Waals surface area contributed by atoms with Crippen molar-refractivity contribution in [2.75, 3.05) is 0 Å². The van der Waals surface area contributed by atoms with Crippen LogP contribution in [0.2, 0.25) is 5.02 Å². The van der Waals surface area contributed by atoms with E-state index in [9.17, 15) is 4.79 Å². The van der Waals surface area contributed by atoms with Crippen LogP contribution in [0.3, 0.4) is 0 Å². The monoisotopic (exact) mass is 209 g/mol. The van der Waals surface area contributed by atoms with Crippen molar-refractivity contribution in [3.8, 4) is 6.07 Å². The number of nitrogens with zero attached hydrogens (tertiary/aromatic N) is 1. The lowest BCUT2D eigenvalue weighted by atomic mass is 10.00. The van der Waals surface area contributed by atoms with Crippen LogP contribution in [0.25, 0.3) is 0 Å². The molecule has 0 aliphatic carbocycles. The van der Waals surface area contributed by atoms with Gasteiger partial charge in [-0.25, -0.2) is 0 Å². The van der Waals surface area contributed by atoms with Crippen LogP contribution in [0.15, 0.2) is 12.1 Å². The Hall–Kier alpha value is -1.53. The summed E-state index contributed by atoms with van der Waals surface area (Å²) in [6.45, 7) is 1.76. The third kappa shape index (κ3) is 2.04. The lowest BCUT2D eigenvalue weighted by Crippen LogP contribution is -2.04. The highest BCUT2D eigenvalue weighted by Gasteiger charge is 2.12. The lowest BCUT2D eigenvalue weighted by molar-refractivity contribution is -0.136. The largest absolute Gasteiger partial charge is 0.481 e. The molecule has 0 bridgehead atoms. The molecule has 4 heteroatoms. The summed E-state index contributed by atoms with van der Waals surface area (Å²) in [5.74, 6) is -0.966. The molecule has 1 N–H and O–H groups in total. The van der Waals surface area contributed by atoms with Crippen molar-refractivity contribution in [3.63, 3.8) is 0 Å². The van der Waals surface area contributed by atoms with Gasteiger partial charge in [0.1, 0.15) is 6.07 Å². The number of benzene rings is 1. The molecule has 0 fully saturated rings. The van der Waals surface area contributed by atoms with Gasteiger partial charge in [0.25, 0.3) is 0 Å². The van der Waals surface area contributed by atoms with E-state index in [1.54, 1.807) is 19.1 Å². The number of carbonyl (C=O) groups is 1. The van der Waals surface area contributed by atoms with Crippen LogP contribution in [0, 0.1) is 18.3 Å². The molecule has 72 valence electrons. The fourth-order valence-corrected chi connectivity index (χ4v) is 1.44. The summed E-state index contributed by atoms with van der Waals surface area (Å²) in [6.07, 6.45) is -0.171. The van der Waals surface area contributed by atoms with E-state index in [4.69, 9.17) is 22.0 Å². The number of hydrogen-bond acceptors (Lipinski definition) is 2. The van der Waals surface area contributed by atoms with Gasteiger partial charge in [-0.05, 0) is 24.1 Å². The second-order valence-electron chi connectivity index (χ2n) is 2.90. The minimum atomic E-state index is -0.966. The normalized spacial score (nSPS) is 9.50. The van der Waals surface area contributed by atoms with E-state index >= 15 is 0 Å². The molecule has 0 saturated heterocycles. The van der Waals surface area contributed by atoms with E-state index in [1.807, 2.05) is 6.07 Å². The minimum absolute atomic E-state index is 0.171. The van der Waals surface area contributed by atoms with Crippen LogP contribution in [0.1, 0.15) is 16.7 Å². The standard InChI is InChI=1S/C10H8ClNO2/c1-6-2-3-9(11)8(5-12)7(6)4-10(13)14/h2-3H,4H2,1H3,(H,13,14). The van der Waals surface area contributed by atoms with Crippen molar-refractivity contribution in [2.24, 2.45) is 0 Å². The van der Waals surface area contributed by atoms with Crippen molar-refractivity contribution in [2.45, 2.75) is 13.3 Å². The molecule has 0 aromatic heterocycles. The molecule has 0 unspecified atom stereocenters. The van der Waals surface area contributed by atoms with Crippen LogP contribution in [0.4, 0.5) is 0 Å². The molecule has 1 aromatic carbocycles. The number of halogens is 1. The fraction of sp³-hybridized carbons (Fsp3) is 0.200. The van der Waals surface area contributed by atoms with E-state index in [0.29, 0.717) is 10.6 Å². The number of carboxylic acid groups (broad SMARTS) is 1. The van der Waals surface area contributed by atoms with Crippen molar-refractivity contribution in [1.29, 1.82) is 5.26 Å². The Morgan fingerprint density at radius 3 is 2.79 bits per heavy atom. The van der Waals surface area contributed by atoms with E-state index < -0.39 is 5.97 Å². The first-order chi connectivity index (χ1) is 6.56. The molecule has 0 atom stereocenters. The number of aryl methyl sites for hydroxylation is 1. The number of rotatable bonds is 2. The van der Waals surface area contributed by atoms with E-state index in [1.165, 1.54) is 0 Å². The van der Waals surface area contributed by atoms with Gasteiger partial charge in [0.05, 0.1) is 17.0 Å². The van der Waals surface area contributed by atoms with Crippen LogP contribution in [-0.4, -0.2) is 11.1 Å². The number of nitriles is 1. The van der Waals surface area contributed by atoms with Gasteiger partial charge in [0.2, 0.25) is 0 Å². The Labute approximate surface area is 86.5 Å². The quantitative estimate of drug-likeness (QED) is 0.812. The molecule has 1 aromatic rings.